The van der Waals surface area contributed by atoms with Gasteiger partial charge in [0.1, 0.15) is 0 Å². The van der Waals surface area contributed by atoms with Gasteiger partial charge < -0.3 is 9.97 Å². The van der Waals surface area contributed by atoms with Gasteiger partial charge in [0.05, 0.1) is 32.6 Å². The number of nitrogens with zero attached hydrogens (tertiary/aromatic N) is 4. The zero-order valence-corrected chi connectivity index (χ0v) is 21.8. The maximum Gasteiger partial charge on any atom is 0.269 e. The number of nitro groups is 2. The van der Waals surface area contributed by atoms with Crippen LogP contribution in [0.4, 0.5) is 11.4 Å². The molecule has 7 rings (SSSR count). The van der Waals surface area contributed by atoms with Crippen molar-refractivity contribution in [2.75, 3.05) is 0 Å². The molecule has 2 aliphatic rings. The van der Waals surface area contributed by atoms with Crippen LogP contribution in [0, 0.1) is 20.2 Å². The maximum absolute atomic E-state index is 11.2. The van der Waals surface area contributed by atoms with Crippen LogP contribution >= 0.6 is 0 Å². The molecule has 2 aromatic carbocycles. The summed E-state index contributed by atoms with van der Waals surface area (Å²) in [6.07, 6.45) is 7.64. The molecule has 8 bridgehead atoms. The molecule has 0 saturated carbocycles. The number of hydrogen-bond acceptors (Lipinski definition) is 6. The predicted octanol–water partition coefficient (Wildman–Crippen LogP) is 7.81. The number of benzene rings is 2. The highest BCUT2D eigenvalue weighted by atomic mass is 16.6. The van der Waals surface area contributed by atoms with E-state index in [1.54, 1.807) is 24.3 Å². The van der Waals surface area contributed by atoms with Gasteiger partial charge in [-0.2, -0.15) is 0 Å². The zero-order valence-electron chi connectivity index (χ0n) is 21.8. The first-order valence-corrected chi connectivity index (χ1v) is 13.0. The molecule has 3 aromatic heterocycles. The average Bonchev–Trinajstić information content (AvgIpc) is 3.80. The highest BCUT2D eigenvalue weighted by molar-refractivity contribution is 5.94. The van der Waals surface area contributed by atoms with Crippen molar-refractivity contribution in [3.63, 3.8) is 0 Å². The molecule has 5 aromatic rings. The van der Waals surface area contributed by atoms with Crippen molar-refractivity contribution in [2.24, 2.45) is 0 Å². The summed E-state index contributed by atoms with van der Waals surface area (Å²) in [4.78, 5) is 38.3. The van der Waals surface area contributed by atoms with Crippen molar-refractivity contribution >= 4 is 57.7 Å². The van der Waals surface area contributed by atoms with E-state index in [0.29, 0.717) is 11.4 Å². The minimum absolute atomic E-state index is 0.0107. The van der Waals surface area contributed by atoms with E-state index in [1.807, 2.05) is 60.7 Å². The number of hydrogen-bond donors (Lipinski definition) is 2. The molecule has 202 valence electrons. The normalized spacial score (nSPS) is 12.0. The lowest BCUT2D eigenvalue weighted by molar-refractivity contribution is -0.385. The first kappa shape index (κ1) is 24.9. The van der Waals surface area contributed by atoms with Crippen LogP contribution in [0.5, 0.6) is 0 Å². The van der Waals surface area contributed by atoms with E-state index in [9.17, 15) is 20.2 Å². The van der Waals surface area contributed by atoms with Crippen molar-refractivity contribution in [3.05, 3.63) is 128 Å². The topological polar surface area (TPSA) is 144 Å². The van der Waals surface area contributed by atoms with Gasteiger partial charge in [0.15, 0.2) is 0 Å². The standard InChI is InChI=1S/C32H20N6O4/c39-37(40)25-9-1-19(2-10-25)31-27-13-5-21(33-27)17-23-7-15-29(35-23)32(20-3-11-26(12-4-20)38(41)42)30-16-8-24(36-30)18-22-6-14-28(31)34-22/h1-18,33-34H. The van der Waals surface area contributed by atoms with E-state index in [1.165, 1.54) is 24.3 Å². The van der Waals surface area contributed by atoms with Gasteiger partial charge in [-0.05, 0) is 96.1 Å². The van der Waals surface area contributed by atoms with Crippen LogP contribution in [0.3, 0.4) is 0 Å². The monoisotopic (exact) mass is 552 g/mol. The molecular formula is C32H20N6O4. The number of nitro benzene ring substituents is 2. The van der Waals surface area contributed by atoms with Gasteiger partial charge in [-0.15, -0.1) is 0 Å². The number of non-ortho nitro benzene ring substituents is 2. The number of rotatable bonds is 4. The maximum atomic E-state index is 11.2. The summed E-state index contributed by atoms with van der Waals surface area (Å²) in [5, 5.41) is 22.5. The lowest BCUT2D eigenvalue weighted by atomic mass is 10.0. The number of aromatic amines is 2. The Balaban J connectivity index is 1.50. The molecule has 10 nitrogen and oxygen atoms in total. The summed E-state index contributed by atoms with van der Waals surface area (Å²) >= 11 is 0. The third-order valence-corrected chi connectivity index (χ3v) is 7.13. The molecule has 0 atom stereocenters. The second-order valence-corrected chi connectivity index (χ2v) is 9.81. The molecule has 0 aliphatic carbocycles. The average molecular weight is 553 g/mol. The van der Waals surface area contributed by atoms with Gasteiger partial charge in [0, 0.05) is 57.5 Å². The SMILES string of the molecule is O=[N+]([O-])c1ccc(-c2c3nc(cc4ccc([nH]4)c(-c4ccc([N+](=O)[O-])cc4)c4ccc(cc5nc2C=C5)[nH]4)C=C3)cc1. The second kappa shape index (κ2) is 9.79. The predicted molar refractivity (Wildman–Crippen MR) is 163 cm³/mol. The van der Waals surface area contributed by atoms with E-state index < -0.39 is 9.85 Å². The van der Waals surface area contributed by atoms with Gasteiger partial charge in [-0.3, -0.25) is 20.2 Å². The van der Waals surface area contributed by atoms with Crippen LogP contribution in [0.2, 0.25) is 0 Å². The summed E-state index contributed by atoms with van der Waals surface area (Å²) in [5.41, 5.74) is 9.38. The number of nitrogens with one attached hydrogen (secondary N) is 2. The molecule has 0 fully saturated rings. The molecular weight excluding hydrogens is 532 g/mol. The van der Waals surface area contributed by atoms with Crippen LogP contribution < -0.4 is 0 Å². The third kappa shape index (κ3) is 4.52. The quantitative estimate of drug-likeness (QED) is 0.168. The summed E-state index contributed by atoms with van der Waals surface area (Å²) in [6, 6.07) is 24.6. The highest BCUT2D eigenvalue weighted by Gasteiger charge is 2.16. The summed E-state index contributed by atoms with van der Waals surface area (Å²) in [5.74, 6) is 0. The first-order chi connectivity index (χ1) is 20.4. The Hall–Kier alpha value is -6.16. The van der Waals surface area contributed by atoms with Gasteiger partial charge in [0.2, 0.25) is 0 Å². The summed E-state index contributed by atoms with van der Waals surface area (Å²) in [6.45, 7) is 0. The van der Waals surface area contributed by atoms with Crippen molar-refractivity contribution in [3.8, 4) is 22.3 Å². The Morgan fingerprint density at radius 2 is 0.952 bits per heavy atom. The molecule has 42 heavy (non-hydrogen) atoms. The van der Waals surface area contributed by atoms with Crippen molar-refractivity contribution < 1.29 is 9.85 Å². The number of aromatic nitrogens is 4. The molecule has 0 amide bonds. The Bertz CT molecular complexity index is 2040. The second-order valence-electron chi connectivity index (χ2n) is 9.81. The largest absolute Gasteiger partial charge is 0.355 e. The van der Waals surface area contributed by atoms with Crippen molar-refractivity contribution in [2.45, 2.75) is 0 Å². The molecule has 0 spiro atoms. The fourth-order valence-corrected chi connectivity index (χ4v) is 5.18. The lowest BCUT2D eigenvalue weighted by Gasteiger charge is -2.04. The Labute approximate surface area is 237 Å². The molecule has 0 unspecified atom stereocenters. The van der Waals surface area contributed by atoms with E-state index >= 15 is 0 Å². The first-order valence-electron chi connectivity index (χ1n) is 13.0. The van der Waals surface area contributed by atoms with Crippen LogP contribution in [-0.4, -0.2) is 29.8 Å². The fourth-order valence-electron chi connectivity index (χ4n) is 5.18. The third-order valence-electron chi connectivity index (χ3n) is 7.13. The molecule has 10 heteroatoms. The molecule has 2 aliphatic heterocycles. The van der Waals surface area contributed by atoms with Crippen LogP contribution in [-0.2, 0) is 0 Å². The van der Waals surface area contributed by atoms with Gasteiger partial charge in [-0.25, -0.2) is 9.97 Å². The summed E-state index contributed by atoms with van der Waals surface area (Å²) in [7, 11) is 0. The van der Waals surface area contributed by atoms with Gasteiger partial charge in [-0.1, -0.05) is 0 Å². The molecule has 0 saturated heterocycles. The minimum Gasteiger partial charge on any atom is -0.355 e. The minimum atomic E-state index is -0.422. The molecule has 5 heterocycles. The van der Waals surface area contributed by atoms with Crippen LogP contribution in [0.15, 0.2) is 84.9 Å². The van der Waals surface area contributed by atoms with Gasteiger partial charge in [0.25, 0.3) is 11.4 Å². The fraction of sp³-hybridized carbons (Fsp3) is 0. The molecule has 0 radical (unpaired) electrons. The Kier molecular flexibility index (Phi) is 5.79. The Morgan fingerprint density at radius 1 is 0.524 bits per heavy atom. The zero-order chi connectivity index (χ0) is 28.8. The smallest absolute Gasteiger partial charge is 0.269 e. The highest BCUT2D eigenvalue weighted by Crippen LogP contribution is 2.33. The van der Waals surface area contributed by atoms with E-state index in [-0.39, 0.29) is 11.4 Å². The summed E-state index contributed by atoms with van der Waals surface area (Å²) < 4.78 is 0. The van der Waals surface area contributed by atoms with Crippen molar-refractivity contribution in [1.29, 1.82) is 0 Å². The van der Waals surface area contributed by atoms with Crippen molar-refractivity contribution in [1.82, 2.24) is 19.9 Å². The van der Waals surface area contributed by atoms with Crippen LogP contribution in [0.25, 0.3) is 68.6 Å². The van der Waals surface area contributed by atoms with E-state index in [0.717, 1.165) is 55.7 Å². The van der Waals surface area contributed by atoms with Crippen LogP contribution in [0.1, 0.15) is 22.8 Å². The van der Waals surface area contributed by atoms with E-state index in [4.69, 9.17) is 9.97 Å². The number of fused-ring (bicyclic) bond motifs is 8. The molecule has 2 N–H and O–H groups in total. The lowest BCUT2D eigenvalue weighted by Crippen LogP contribution is -1.91. The van der Waals surface area contributed by atoms with E-state index in [2.05, 4.69) is 9.97 Å². The van der Waals surface area contributed by atoms with Gasteiger partial charge >= 0.3 is 0 Å². The number of H-pyrrole nitrogens is 2. The Morgan fingerprint density at radius 3 is 1.38 bits per heavy atom.